The van der Waals surface area contributed by atoms with Crippen LogP contribution in [0.2, 0.25) is 0 Å². The first-order valence-electron chi connectivity index (χ1n) is 9.74. The van der Waals surface area contributed by atoms with E-state index in [1.807, 2.05) is 12.1 Å². The summed E-state index contributed by atoms with van der Waals surface area (Å²) in [6.07, 6.45) is 0. The molecule has 2 aromatic carbocycles. The number of rotatable bonds is 6. The molecule has 1 saturated heterocycles. The summed E-state index contributed by atoms with van der Waals surface area (Å²) in [5.74, 6) is 0.815. The Morgan fingerprint density at radius 2 is 1.62 bits per heavy atom. The fourth-order valence-electron chi connectivity index (χ4n) is 3.70. The van der Waals surface area contributed by atoms with Gasteiger partial charge in [0.15, 0.2) is 0 Å². The molecular formula is C22H31N3O. The van der Waals surface area contributed by atoms with Crippen molar-refractivity contribution in [2.75, 3.05) is 39.3 Å². The quantitative estimate of drug-likeness (QED) is 0.866. The van der Waals surface area contributed by atoms with Gasteiger partial charge in [-0.1, -0.05) is 50.2 Å². The van der Waals surface area contributed by atoms with Crippen molar-refractivity contribution in [1.82, 2.24) is 15.1 Å². The minimum atomic E-state index is 0.0225. The fraction of sp³-hybridized carbons (Fsp3) is 0.500. The molecule has 0 aliphatic carbocycles. The second-order valence-corrected chi connectivity index (χ2v) is 7.87. The predicted octanol–water partition coefficient (Wildman–Crippen LogP) is 3.29. The average Bonchev–Trinajstić information content (AvgIpc) is 2.62. The molecule has 0 bridgehead atoms. The Hall–Kier alpha value is -1.91. The first-order chi connectivity index (χ1) is 12.5. The number of hydrogen-bond acceptors (Lipinski definition) is 3. The van der Waals surface area contributed by atoms with Crippen LogP contribution in [0, 0.1) is 5.92 Å². The van der Waals surface area contributed by atoms with Crippen LogP contribution in [0.4, 0.5) is 0 Å². The number of nitrogens with zero attached hydrogens (tertiary/aromatic N) is 2. The van der Waals surface area contributed by atoms with Gasteiger partial charge < -0.3 is 10.2 Å². The SMILES string of the molecule is CC(C)CN1CCN(CC(=O)NC(C)c2ccc3ccccc3c2)CC1. The summed E-state index contributed by atoms with van der Waals surface area (Å²) in [5.41, 5.74) is 1.15. The third-order valence-electron chi connectivity index (χ3n) is 5.11. The van der Waals surface area contributed by atoms with Gasteiger partial charge in [-0.05, 0) is 35.2 Å². The van der Waals surface area contributed by atoms with Gasteiger partial charge in [-0.25, -0.2) is 0 Å². The molecule has 1 aliphatic heterocycles. The number of carbonyl (C=O) groups excluding carboxylic acids is 1. The molecule has 3 rings (SSSR count). The van der Waals surface area contributed by atoms with Crippen molar-refractivity contribution in [2.45, 2.75) is 26.8 Å². The van der Waals surface area contributed by atoms with Crippen LogP contribution < -0.4 is 5.32 Å². The van der Waals surface area contributed by atoms with E-state index in [0.29, 0.717) is 12.5 Å². The van der Waals surface area contributed by atoms with E-state index in [2.05, 4.69) is 66.2 Å². The number of carbonyl (C=O) groups is 1. The fourth-order valence-corrected chi connectivity index (χ4v) is 3.70. The summed E-state index contributed by atoms with van der Waals surface area (Å²) in [6.45, 7) is 12.3. The molecular weight excluding hydrogens is 322 g/mol. The zero-order valence-corrected chi connectivity index (χ0v) is 16.2. The van der Waals surface area contributed by atoms with E-state index in [1.165, 1.54) is 10.8 Å². The molecule has 4 heteroatoms. The van der Waals surface area contributed by atoms with Crippen LogP contribution in [0.1, 0.15) is 32.4 Å². The number of hydrogen-bond donors (Lipinski definition) is 1. The normalized spacial score (nSPS) is 17.5. The molecule has 1 aliphatic rings. The van der Waals surface area contributed by atoms with Crippen LogP contribution in [0.15, 0.2) is 42.5 Å². The Morgan fingerprint density at radius 3 is 2.31 bits per heavy atom. The van der Waals surface area contributed by atoms with E-state index in [9.17, 15) is 4.79 Å². The smallest absolute Gasteiger partial charge is 0.234 e. The number of benzene rings is 2. The van der Waals surface area contributed by atoms with Crippen molar-refractivity contribution in [3.05, 3.63) is 48.0 Å². The van der Waals surface area contributed by atoms with Crippen LogP contribution in [0.25, 0.3) is 10.8 Å². The van der Waals surface area contributed by atoms with Crippen molar-refractivity contribution in [3.8, 4) is 0 Å². The zero-order chi connectivity index (χ0) is 18.5. The second kappa shape index (κ2) is 8.65. The standard InChI is InChI=1S/C22H31N3O/c1-17(2)15-24-10-12-25(13-11-24)16-22(26)23-18(3)20-9-8-19-6-4-5-7-21(19)14-20/h4-9,14,17-18H,10-13,15-16H2,1-3H3,(H,23,26). The monoisotopic (exact) mass is 353 g/mol. The van der Waals surface area contributed by atoms with Crippen LogP contribution in [-0.4, -0.2) is 55.0 Å². The highest BCUT2D eigenvalue weighted by Crippen LogP contribution is 2.20. The number of nitrogens with one attached hydrogen (secondary N) is 1. The molecule has 0 radical (unpaired) electrons. The van der Waals surface area contributed by atoms with E-state index in [4.69, 9.17) is 0 Å². The molecule has 1 N–H and O–H groups in total. The first kappa shape index (κ1) is 18.9. The van der Waals surface area contributed by atoms with Gasteiger partial charge in [0.05, 0.1) is 12.6 Å². The van der Waals surface area contributed by atoms with Gasteiger partial charge in [-0.15, -0.1) is 0 Å². The lowest BCUT2D eigenvalue weighted by molar-refractivity contribution is -0.123. The summed E-state index contributed by atoms with van der Waals surface area (Å²) in [6, 6.07) is 14.8. The van der Waals surface area contributed by atoms with Crippen LogP contribution >= 0.6 is 0 Å². The molecule has 0 saturated carbocycles. The predicted molar refractivity (Wildman–Crippen MR) is 108 cm³/mol. The van der Waals surface area contributed by atoms with E-state index >= 15 is 0 Å². The molecule has 2 aromatic rings. The van der Waals surface area contributed by atoms with Crippen LogP contribution in [0.5, 0.6) is 0 Å². The average molecular weight is 354 g/mol. The maximum atomic E-state index is 12.5. The van der Waals surface area contributed by atoms with Crippen LogP contribution in [-0.2, 0) is 4.79 Å². The summed E-state index contributed by atoms with van der Waals surface area (Å²) in [7, 11) is 0. The minimum Gasteiger partial charge on any atom is -0.348 e. The highest BCUT2D eigenvalue weighted by molar-refractivity contribution is 5.83. The summed E-state index contributed by atoms with van der Waals surface area (Å²) < 4.78 is 0. The van der Waals surface area contributed by atoms with Crippen molar-refractivity contribution >= 4 is 16.7 Å². The van der Waals surface area contributed by atoms with Crippen molar-refractivity contribution in [2.24, 2.45) is 5.92 Å². The molecule has 1 unspecified atom stereocenters. The summed E-state index contributed by atoms with van der Waals surface area (Å²) in [5, 5.41) is 5.60. The minimum absolute atomic E-state index is 0.0225. The maximum Gasteiger partial charge on any atom is 0.234 e. The molecule has 1 amide bonds. The Bertz CT molecular complexity index is 735. The Morgan fingerprint density at radius 1 is 0.962 bits per heavy atom. The molecule has 1 fully saturated rings. The molecule has 4 nitrogen and oxygen atoms in total. The second-order valence-electron chi connectivity index (χ2n) is 7.87. The summed E-state index contributed by atoms with van der Waals surface area (Å²) in [4.78, 5) is 17.2. The number of piperazine rings is 1. The maximum absolute atomic E-state index is 12.5. The lowest BCUT2D eigenvalue weighted by Gasteiger charge is -2.35. The Kier molecular flexibility index (Phi) is 6.28. The van der Waals surface area contributed by atoms with Gasteiger partial charge in [0.2, 0.25) is 5.91 Å². The van der Waals surface area contributed by atoms with Gasteiger partial charge in [-0.3, -0.25) is 9.69 Å². The van der Waals surface area contributed by atoms with E-state index in [0.717, 1.165) is 38.3 Å². The van der Waals surface area contributed by atoms with Gasteiger partial charge >= 0.3 is 0 Å². The Labute approximate surface area is 157 Å². The van der Waals surface area contributed by atoms with Gasteiger partial charge in [-0.2, -0.15) is 0 Å². The van der Waals surface area contributed by atoms with Crippen molar-refractivity contribution in [1.29, 1.82) is 0 Å². The molecule has 1 atom stereocenters. The molecule has 1 heterocycles. The highest BCUT2D eigenvalue weighted by Gasteiger charge is 2.20. The Balaban J connectivity index is 1.49. The molecule has 0 aromatic heterocycles. The molecule has 26 heavy (non-hydrogen) atoms. The van der Waals surface area contributed by atoms with Crippen molar-refractivity contribution in [3.63, 3.8) is 0 Å². The lowest BCUT2D eigenvalue weighted by Crippen LogP contribution is -2.50. The van der Waals surface area contributed by atoms with Crippen molar-refractivity contribution < 1.29 is 4.79 Å². The zero-order valence-electron chi connectivity index (χ0n) is 16.2. The van der Waals surface area contributed by atoms with E-state index < -0.39 is 0 Å². The van der Waals surface area contributed by atoms with E-state index in [1.54, 1.807) is 0 Å². The largest absolute Gasteiger partial charge is 0.348 e. The van der Waals surface area contributed by atoms with E-state index in [-0.39, 0.29) is 11.9 Å². The number of fused-ring (bicyclic) bond motifs is 1. The van der Waals surface area contributed by atoms with Gasteiger partial charge in [0, 0.05) is 32.7 Å². The topological polar surface area (TPSA) is 35.6 Å². The lowest BCUT2D eigenvalue weighted by atomic mass is 10.0. The molecule has 0 spiro atoms. The highest BCUT2D eigenvalue weighted by atomic mass is 16.2. The van der Waals surface area contributed by atoms with Gasteiger partial charge in [0.25, 0.3) is 0 Å². The number of amides is 1. The first-order valence-corrected chi connectivity index (χ1v) is 9.74. The summed E-state index contributed by atoms with van der Waals surface area (Å²) >= 11 is 0. The third kappa shape index (κ3) is 5.05. The van der Waals surface area contributed by atoms with Gasteiger partial charge in [0.1, 0.15) is 0 Å². The third-order valence-corrected chi connectivity index (χ3v) is 5.11. The van der Waals surface area contributed by atoms with Crippen LogP contribution in [0.3, 0.4) is 0 Å². The molecule has 140 valence electrons.